The van der Waals surface area contributed by atoms with Gasteiger partial charge in [-0.25, -0.2) is 18.7 Å². The number of hydrogen-bond donors (Lipinski definition) is 2. The molecule has 0 saturated carbocycles. The molecule has 7 nitrogen and oxygen atoms in total. The topological polar surface area (TPSA) is 94.9 Å². The molecule has 5 rings (SSSR count). The maximum atomic E-state index is 13.6. The van der Waals surface area contributed by atoms with Gasteiger partial charge >= 0.3 is 6.03 Å². The lowest BCUT2D eigenvalue weighted by Crippen LogP contribution is -2.34. The zero-order valence-electron chi connectivity index (χ0n) is 18.1. The summed E-state index contributed by atoms with van der Waals surface area (Å²) >= 11 is 1.13. The van der Waals surface area contributed by atoms with Gasteiger partial charge in [-0.1, -0.05) is 13.0 Å². The Morgan fingerprint density at radius 2 is 2.10 bits per heavy atom. The molecule has 1 aromatic heterocycles. The van der Waals surface area contributed by atoms with Crippen LogP contribution in [0.2, 0.25) is 0 Å². The molecular formula is C22H28N4O3S2. The molecule has 0 radical (unpaired) electrons. The van der Waals surface area contributed by atoms with Gasteiger partial charge in [-0.3, -0.25) is 4.90 Å². The second-order valence-corrected chi connectivity index (χ2v) is 12.5. The van der Waals surface area contributed by atoms with Crippen molar-refractivity contribution in [1.82, 2.24) is 9.71 Å². The van der Waals surface area contributed by atoms with Gasteiger partial charge < -0.3 is 5.11 Å². The van der Waals surface area contributed by atoms with Crippen LogP contribution in [0.4, 0.5) is 10.5 Å². The van der Waals surface area contributed by atoms with Gasteiger partial charge in [0.05, 0.1) is 11.9 Å². The summed E-state index contributed by atoms with van der Waals surface area (Å²) in [5.74, 6) is 0.403. The van der Waals surface area contributed by atoms with Crippen LogP contribution in [0.5, 0.6) is 0 Å². The van der Waals surface area contributed by atoms with Crippen molar-refractivity contribution >= 4 is 33.0 Å². The number of amides is 2. The second kappa shape index (κ2) is 7.37. The molecule has 1 aromatic carbocycles. The van der Waals surface area contributed by atoms with E-state index in [4.69, 9.17) is 0 Å². The zero-order valence-corrected chi connectivity index (χ0v) is 19.7. The highest BCUT2D eigenvalue weighted by molar-refractivity contribution is 7.94. The molecule has 2 amide bonds. The molecule has 0 spiro atoms. The first kappa shape index (κ1) is 21.1. The number of aromatic nitrogens is 1. The fraction of sp³-hybridized carbons (Fsp3) is 0.545. The van der Waals surface area contributed by atoms with Crippen molar-refractivity contribution in [3.05, 3.63) is 39.5 Å². The van der Waals surface area contributed by atoms with Gasteiger partial charge in [-0.2, -0.15) is 0 Å². The van der Waals surface area contributed by atoms with Gasteiger partial charge in [0, 0.05) is 13.1 Å². The minimum atomic E-state index is -3.15. The molecular weight excluding hydrogens is 432 g/mol. The Morgan fingerprint density at radius 1 is 1.29 bits per heavy atom. The summed E-state index contributed by atoms with van der Waals surface area (Å²) in [4.78, 5) is 19.4. The largest absolute Gasteiger partial charge is 0.383 e. The number of aryl methyl sites for hydroxylation is 2. The summed E-state index contributed by atoms with van der Waals surface area (Å²) in [5, 5.41) is 10.7. The van der Waals surface area contributed by atoms with Gasteiger partial charge in [0.1, 0.15) is 14.8 Å². The molecule has 3 aliphatic rings. The van der Waals surface area contributed by atoms with Crippen molar-refractivity contribution in [3.8, 4) is 0 Å². The molecule has 31 heavy (non-hydrogen) atoms. The van der Waals surface area contributed by atoms with Crippen LogP contribution in [0.3, 0.4) is 0 Å². The summed E-state index contributed by atoms with van der Waals surface area (Å²) in [7, 11) is -3.15. The number of rotatable bonds is 3. The average Bonchev–Trinajstić information content (AvgIpc) is 3.42. The lowest BCUT2D eigenvalue weighted by Gasteiger charge is -2.26. The monoisotopic (exact) mass is 460 g/mol. The Hall–Kier alpha value is -1.81. The quantitative estimate of drug-likeness (QED) is 0.727. The summed E-state index contributed by atoms with van der Waals surface area (Å²) in [6.07, 6.45) is 6.74. The first-order valence-electron chi connectivity index (χ1n) is 10.9. The minimum Gasteiger partial charge on any atom is -0.383 e. The molecule has 2 aliphatic carbocycles. The molecule has 2 heterocycles. The SMILES string of the molecule is CC1CCc2cc3c(c(N4CCNS(=O)(c5cnc(C(C)(C)O)s5)=NC4=O)c21)CCC3. The second-order valence-electron chi connectivity index (χ2n) is 9.22. The molecule has 2 N–H and O–H groups in total. The van der Waals surface area contributed by atoms with Crippen LogP contribution in [0.1, 0.15) is 66.8 Å². The fourth-order valence-corrected chi connectivity index (χ4v) is 7.76. The Kier molecular flexibility index (Phi) is 5.00. The molecule has 166 valence electrons. The standard InChI is InChI=1S/C22H28N4O3S2/c1-13-7-8-15-11-14-5-4-6-16(14)19(18(13)15)26-10-9-24-31(29,25-21(26)27)17-12-23-20(30-17)22(2,3)28/h11-13,28H,4-10H2,1-3H3,(H,24,25,27,29). The molecule has 1 aliphatic heterocycles. The zero-order chi connectivity index (χ0) is 22.0. The van der Waals surface area contributed by atoms with E-state index in [-0.39, 0.29) is 0 Å². The van der Waals surface area contributed by atoms with Crippen LogP contribution < -0.4 is 9.62 Å². The number of nitrogens with one attached hydrogen (secondary N) is 1. The molecule has 0 saturated heterocycles. The Morgan fingerprint density at radius 3 is 2.84 bits per heavy atom. The Balaban J connectivity index is 1.59. The van der Waals surface area contributed by atoms with E-state index < -0.39 is 21.5 Å². The Labute approximate surface area is 187 Å². The third kappa shape index (κ3) is 3.51. The van der Waals surface area contributed by atoms with Gasteiger partial charge in [0.15, 0.2) is 9.92 Å². The number of carbonyl (C=O) groups is 1. The summed E-state index contributed by atoms with van der Waals surface area (Å²) in [6, 6.07) is 1.89. The van der Waals surface area contributed by atoms with Crippen molar-refractivity contribution in [3.63, 3.8) is 0 Å². The van der Waals surface area contributed by atoms with Crippen LogP contribution in [-0.4, -0.2) is 33.4 Å². The number of urea groups is 1. The third-order valence-corrected chi connectivity index (χ3v) is 10.1. The summed E-state index contributed by atoms with van der Waals surface area (Å²) < 4.78 is 21.2. The highest BCUT2D eigenvalue weighted by Crippen LogP contribution is 2.46. The highest BCUT2D eigenvalue weighted by atomic mass is 32.2. The van der Waals surface area contributed by atoms with E-state index in [1.165, 1.54) is 28.5 Å². The number of nitrogens with zero attached hydrogens (tertiary/aromatic N) is 3. The van der Waals surface area contributed by atoms with E-state index in [9.17, 15) is 14.1 Å². The Bertz CT molecular complexity index is 1190. The first-order chi connectivity index (χ1) is 14.7. The van der Waals surface area contributed by atoms with Crippen molar-refractivity contribution in [2.45, 2.75) is 68.6 Å². The number of anilines is 1. The molecule has 2 aromatic rings. The van der Waals surface area contributed by atoms with Gasteiger partial charge in [-0.15, -0.1) is 15.7 Å². The van der Waals surface area contributed by atoms with Crippen molar-refractivity contribution < 1.29 is 14.1 Å². The highest BCUT2D eigenvalue weighted by Gasteiger charge is 2.35. The van der Waals surface area contributed by atoms with E-state index in [2.05, 4.69) is 27.1 Å². The lowest BCUT2D eigenvalue weighted by molar-refractivity contribution is 0.0783. The maximum absolute atomic E-state index is 13.6. The predicted molar refractivity (Wildman–Crippen MR) is 122 cm³/mol. The van der Waals surface area contributed by atoms with Crippen molar-refractivity contribution in [2.24, 2.45) is 4.36 Å². The van der Waals surface area contributed by atoms with E-state index in [0.717, 1.165) is 49.1 Å². The van der Waals surface area contributed by atoms with E-state index in [0.29, 0.717) is 28.2 Å². The van der Waals surface area contributed by atoms with E-state index >= 15 is 0 Å². The van der Waals surface area contributed by atoms with Crippen LogP contribution >= 0.6 is 11.3 Å². The lowest BCUT2D eigenvalue weighted by atomic mass is 9.94. The summed E-state index contributed by atoms with van der Waals surface area (Å²) in [5.41, 5.74) is 5.14. The summed E-state index contributed by atoms with van der Waals surface area (Å²) in [6.45, 7) is 6.28. The van der Waals surface area contributed by atoms with Gasteiger partial charge in [0.2, 0.25) is 0 Å². The van der Waals surface area contributed by atoms with Crippen molar-refractivity contribution in [2.75, 3.05) is 18.0 Å². The normalized spacial score (nSPS) is 25.9. The minimum absolute atomic E-state index is 0.372. The van der Waals surface area contributed by atoms with Crippen LogP contribution in [-0.2, 0) is 34.8 Å². The molecule has 0 bridgehead atoms. The number of aliphatic hydroxyl groups is 1. The number of fused-ring (bicyclic) bond motifs is 2. The number of thiazole rings is 1. The van der Waals surface area contributed by atoms with Crippen LogP contribution in [0.15, 0.2) is 20.8 Å². The van der Waals surface area contributed by atoms with Crippen LogP contribution in [0, 0.1) is 0 Å². The smallest absolute Gasteiger partial charge is 0.357 e. The molecule has 2 unspecified atom stereocenters. The number of hydrogen-bond acceptors (Lipinski definition) is 5. The average molecular weight is 461 g/mol. The third-order valence-electron chi connectivity index (χ3n) is 6.46. The predicted octanol–water partition coefficient (Wildman–Crippen LogP) is 3.88. The maximum Gasteiger partial charge on any atom is 0.357 e. The van der Waals surface area contributed by atoms with Crippen molar-refractivity contribution in [1.29, 1.82) is 0 Å². The molecule has 0 fully saturated rings. The van der Waals surface area contributed by atoms with E-state index in [1.807, 2.05) is 0 Å². The molecule has 2 atom stereocenters. The first-order valence-corrected chi connectivity index (χ1v) is 13.2. The van der Waals surface area contributed by atoms with Gasteiger partial charge in [0.25, 0.3) is 0 Å². The van der Waals surface area contributed by atoms with Crippen LogP contribution in [0.25, 0.3) is 0 Å². The fourth-order valence-electron chi connectivity index (χ4n) is 4.96. The van der Waals surface area contributed by atoms with Gasteiger partial charge in [-0.05, 0) is 74.1 Å². The molecule has 9 heteroatoms. The number of carbonyl (C=O) groups excluding carboxylic acids is 1. The van der Waals surface area contributed by atoms with E-state index in [1.54, 1.807) is 18.7 Å². The number of benzene rings is 1.